The number of nitrogens with one attached hydrogen (secondary N) is 1. The lowest BCUT2D eigenvalue weighted by Crippen LogP contribution is -2.64. The molecule has 1 N–H and O–H groups in total. The van der Waals surface area contributed by atoms with Gasteiger partial charge in [-0.15, -0.1) is 0 Å². The normalized spacial score (nSPS) is 24.3. The maximum Gasteiger partial charge on any atom is 0.225 e. The lowest BCUT2D eigenvalue weighted by atomic mass is 9.71. The first-order chi connectivity index (χ1) is 12.9. The molecule has 146 valence electrons. The van der Waals surface area contributed by atoms with Gasteiger partial charge in [-0.1, -0.05) is 30.3 Å². The molecule has 1 unspecified atom stereocenters. The van der Waals surface area contributed by atoms with E-state index in [0.29, 0.717) is 12.3 Å². The summed E-state index contributed by atoms with van der Waals surface area (Å²) in [5.74, 6) is 1.02. The molecule has 0 radical (unpaired) electrons. The van der Waals surface area contributed by atoms with E-state index in [1.165, 1.54) is 18.4 Å². The topological polar surface area (TPSA) is 52.7 Å². The van der Waals surface area contributed by atoms with Crippen LogP contribution in [0.1, 0.15) is 38.7 Å². The molecule has 5 heteroatoms. The Morgan fingerprint density at radius 1 is 1.15 bits per heavy atom. The van der Waals surface area contributed by atoms with Gasteiger partial charge in [-0.3, -0.25) is 14.5 Å². The Hall–Kier alpha value is -1.88. The first kappa shape index (κ1) is 18.5. The smallest absolute Gasteiger partial charge is 0.225 e. The highest BCUT2D eigenvalue weighted by Gasteiger charge is 2.57. The molecule has 2 heterocycles. The van der Waals surface area contributed by atoms with E-state index in [9.17, 15) is 9.59 Å². The van der Waals surface area contributed by atoms with Crippen molar-refractivity contribution in [2.24, 2.45) is 17.3 Å². The highest BCUT2D eigenvalue weighted by molar-refractivity contribution is 5.82. The third-order valence-electron chi connectivity index (χ3n) is 6.24. The van der Waals surface area contributed by atoms with Gasteiger partial charge in [0.1, 0.15) is 0 Å². The second-order valence-corrected chi connectivity index (χ2v) is 9.13. The lowest BCUT2D eigenvalue weighted by molar-refractivity contribution is -0.150. The van der Waals surface area contributed by atoms with Crippen LogP contribution < -0.4 is 5.32 Å². The number of hydrogen-bond donors (Lipinski definition) is 1. The first-order valence-electron chi connectivity index (χ1n) is 10.3. The summed E-state index contributed by atoms with van der Waals surface area (Å²) in [5, 5.41) is 3.11. The van der Waals surface area contributed by atoms with Crippen molar-refractivity contribution in [3.8, 4) is 0 Å². The van der Waals surface area contributed by atoms with Crippen LogP contribution in [-0.4, -0.2) is 53.8 Å². The van der Waals surface area contributed by atoms with E-state index in [-0.39, 0.29) is 29.2 Å². The lowest BCUT2D eigenvalue weighted by Gasteiger charge is -2.50. The number of benzene rings is 1. The van der Waals surface area contributed by atoms with Crippen LogP contribution in [-0.2, 0) is 16.1 Å². The molecule has 27 heavy (non-hydrogen) atoms. The van der Waals surface area contributed by atoms with Crippen molar-refractivity contribution in [2.75, 3.05) is 26.2 Å². The van der Waals surface area contributed by atoms with E-state index < -0.39 is 0 Å². The molecule has 0 bridgehead atoms. The predicted octanol–water partition coefficient (Wildman–Crippen LogP) is 2.27. The SMILES string of the molecule is CC(C)NC(=O)C1CN(Cc2ccccc2)CC12CN(C(=O)CC1CC1)C2. The van der Waals surface area contributed by atoms with E-state index in [4.69, 9.17) is 0 Å². The van der Waals surface area contributed by atoms with Crippen molar-refractivity contribution < 1.29 is 9.59 Å². The number of carbonyl (C=O) groups excluding carboxylic acids is 2. The minimum absolute atomic E-state index is 0.0337. The summed E-state index contributed by atoms with van der Waals surface area (Å²) in [6.07, 6.45) is 3.11. The van der Waals surface area contributed by atoms with Gasteiger partial charge in [0.2, 0.25) is 11.8 Å². The molecule has 1 aliphatic carbocycles. The molecular formula is C22H31N3O2. The van der Waals surface area contributed by atoms with Crippen molar-refractivity contribution in [3.05, 3.63) is 35.9 Å². The summed E-state index contributed by atoms with van der Waals surface area (Å²) in [6, 6.07) is 10.6. The number of nitrogens with zero attached hydrogens (tertiary/aromatic N) is 2. The van der Waals surface area contributed by atoms with Crippen molar-refractivity contribution >= 4 is 11.8 Å². The van der Waals surface area contributed by atoms with Crippen LogP contribution in [0.5, 0.6) is 0 Å². The molecular weight excluding hydrogens is 338 g/mol. The average molecular weight is 370 g/mol. The Kier molecular flexibility index (Phi) is 4.97. The molecule has 1 saturated carbocycles. The van der Waals surface area contributed by atoms with Crippen LogP contribution in [0.25, 0.3) is 0 Å². The summed E-state index contributed by atoms with van der Waals surface area (Å²) < 4.78 is 0. The van der Waals surface area contributed by atoms with Crippen molar-refractivity contribution in [1.82, 2.24) is 15.1 Å². The highest BCUT2D eigenvalue weighted by Crippen LogP contribution is 2.45. The third-order valence-corrected chi connectivity index (χ3v) is 6.24. The molecule has 4 rings (SSSR count). The molecule has 1 atom stereocenters. The van der Waals surface area contributed by atoms with Crippen LogP contribution >= 0.6 is 0 Å². The summed E-state index contributed by atoms with van der Waals surface area (Å²) in [7, 11) is 0. The number of carbonyl (C=O) groups is 2. The van der Waals surface area contributed by atoms with Gasteiger partial charge in [0.25, 0.3) is 0 Å². The molecule has 5 nitrogen and oxygen atoms in total. The second-order valence-electron chi connectivity index (χ2n) is 9.13. The maximum absolute atomic E-state index is 12.9. The van der Waals surface area contributed by atoms with Gasteiger partial charge in [-0.2, -0.15) is 0 Å². The van der Waals surface area contributed by atoms with Crippen LogP contribution in [0.4, 0.5) is 0 Å². The summed E-state index contributed by atoms with van der Waals surface area (Å²) in [4.78, 5) is 29.7. The Morgan fingerprint density at radius 3 is 2.48 bits per heavy atom. The Balaban J connectivity index is 1.43. The summed E-state index contributed by atoms with van der Waals surface area (Å²) >= 11 is 0. The van der Waals surface area contributed by atoms with Gasteiger partial charge >= 0.3 is 0 Å². The number of hydrogen-bond acceptors (Lipinski definition) is 3. The van der Waals surface area contributed by atoms with Crippen LogP contribution in [0, 0.1) is 17.3 Å². The minimum atomic E-state index is -0.0764. The monoisotopic (exact) mass is 369 g/mol. The summed E-state index contributed by atoms with van der Waals surface area (Å²) in [6.45, 7) is 8.02. The van der Waals surface area contributed by atoms with Gasteiger partial charge in [-0.25, -0.2) is 0 Å². The van der Waals surface area contributed by atoms with Crippen molar-refractivity contribution in [1.29, 1.82) is 0 Å². The molecule has 1 aromatic rings. The molecule has 2 amide bonds. The van der Waals surface area contributed by atoms with E-state index in [0.717, 1.165) is 32.7 Å². The third kappa shape index (κ3) is 4.03. The largest absolute Gasteiger partial charge is 0.354 e. The zero-order chi connectivity index (χ0) is 19.0. The molecule has 2 aliphatic heterocycles. The second kappa shape index (κ2) is 7.27. The minimum Gasteiger partial charge on any atom is -0.354 e. The van der Waals surface area contributed by atoms with Gasteiger partial charge in [0, 0.05) is 50.6 Å². The number of likely N-dealkylation sites (tertiary alicyclic amines) is 2. The van der Waals surface area contributed by atoms with E-state index >= 15 is 0 Å². The fourth-order valence-electron chi connectivity index (χ4n) is 4.69. The number of amides is 2. The first-order valence-corrected chi connectivity index (χ1v) is 10.3. The molecule has 0 aromatic heterocycles. The fourth-order valence-corrected chi connectivity index (χ4v) is 4.69. The maximum atomic E-state index is 12.9. The van der Waals surface area contributed by atoms with Crippen molar-refractivity contribution in [3.63, 3.8) is 0 Å². The predicted molar refractivity (Wildman–Crippen MR) is 105 cm³/mol. The molecule has 3 aliphatic rings. The van der Waals surface area contributed by atoms with Crippen molar-refractivity contribution in [2.45, 2.75) is 45.7 Å². The molecule has 3 fully saturated rings. The quantitative estimate of drug-likeness (QED) is 0.837. The Labute approximate surface area is 162 Å². The number of rotatable bonds is 6. The van der Waals surface area contributed by atoms with E-state index in [1.54, 1.807) is 0 Å². The van der Waals surface area contributed by atoms with Crippen LogP contribution in [0.15, 0.2) is 30.3 Å². The van der Waals surface area contributed by atoms with Crippen LogP contribution in [0.3, 0.4) is 0 Å². The standard InChI is InChI=1S/C22H31N3O2/c1-16(2)23-21(27)19-12-24(11-18-6-4-3-5-7-18)13-22(19)14-25(15-22)20(26)10-17-8-9-17/h3-7,16-17,19H,8-15H2,1-2H3,(H,23,27). The van der Waals surface area contributed by atoms with Gasteiger partial charge in [-0.05, 0) is 38.2 Å². The molecule has 1 aromatic carbocycles. The zero-order valence-electron chi connectivity index (χ0n) is 16.5. The van der Waals surface area contributed by atoms with Gasteiger partial charge in [0.05, 0.1) is 5.92 Å². The van der Waals surface area contributed by atoms with Crippen LogP contribution in [0.2, 0.25) is 0 Å². The Bertz CT molecular complexity index is 693. The molecule has 2 saturated heterocycles. The average Bonchev–Trinajstić information content (AvgIpc) is 3.31. The van der Waals surface area contributed by atoms with Gasteiger partial charge in [0.15, 0.2) is 0 Å². The van der Waals surface area contributed by atoms with Gasteiger partial charge < -0.3 is 10.2 Å². The Morgan fingerprint density at radius 2 is 1.85 bits per heavy atom. The van der Waals surface area contributed by atoms with E-state index in [1.807, 2.05) is 24.8 Å². The highest BCUT2D eigenvalue weighted by atomic mass is 16.2. The molecule has 1 spiro atoms. The zero-order valence-corrected chi connectivity index (χ0v) is 16.5. The van der Waals surface area contributed by atoms with E-state index in [2.05, 4.69) is 34.5 Å². The summed E-state index contributed by atoms with van der Waals surface area (Å²) in [5.41, 5.74) is 1.20. The fraction of sp³-hybridized carbons (Fsp3) is 0.636.